The molecule has 2 aromatic rings. The van der Waals surface area contributed by atoms with E-state index >= 15 is 0 Å². The Morgan fingerprint density at radius 1 is 1.39 bits per heavy atom. The molecule has 2 rings (SSSR count). The minimum absolute atomic E-state index is 0.159. The van der Waals surface area contributed by atoms with E-state index in [1.165, 1.54) is 6.08 Å². The van der Waals surface area contributed by atoms with Gasteiger partial charge in [-0.3, -0.25) is 4.79 Å². The van der Waals surface area contributed by atoms with Gasteiger partial charge in [-0.05, 0) is 42.1 Å². The lowest BCUT2D eigenvalue weighted by molar-refractivity contribution is -0.111. The van der Waals surface area contributed by atoms with Gasteiger partial charge >= 0.3 is 0 Å². The van der Waals surface area contributed by atoms with Crippen LogP contribution in [-0.4, -0.2) is 5.91 Å². The molecule has 1 heterocycles. The fourth-order valence-corrected chi connectivity index (χ4v) is 2.24. The van der Waals surface area contributed by atoms with Gasteiger partial charge < -0.3 is 5.32 Å². The van der Waals surface area contributed by atoms with E-state index in [4.69, 9.17) is 11.6 Å². The van der Waals surface area contributed by atoms with Crippen LogP contribution in [0.3, 0.4) is 0 Å². The zero-order valence-corrected chi connectivity index (χ0v) is 11.4. The van der Waals surface area contributed by atoms with Gasteiger partial charge in [0.15, 0.2) is 0 Å². The number of hydrogen-bond acceptors (Lipinski definition) is 2. The van der Waals surface area contributed by atoms with Crippen LogP contribution < -0.4 is 5.32 Å². The summed E-state index contributed by atoms with van der Waals surface area (Å²) in [7, 11) is 0. The molecule has 0 radical (unpaired) electrons. The van der Waals surface area contributed by atoms with Crippen molar-refractivity contribution in [2.24, 2.45) is 0 Å². The zero-order chi connectivity index (χ0) is 13.0. The summed E-state index contributed by atoms with van der Waals surface area (Å²) in [4.78, 5) is 12.8. The van der Waals surface area contributed by atoms with Gasteiger partial charge in [0, 0.05) is 21.7 Å². The third-order valence-electron chi connectivity index (χ3n) is 2.40. The van der Waals surface area contributed by atoms with Crippen LogP contribution in [0.15, 0.2) is 41.8 Å². The Morgan fingerprint density at radius 2 is 2.22 bits per heavy atom. The maximum Gasteiger partial charge on any atom is 0.248 e. The van der Waals surface area contributed by atoms with Crippen molar-refractivity contribution in [1.82, 2.24) is 0 Å². The summed E-state index contributed by atoms with van der Waals surface area (Å²) >= 11 is 7.48. The monoisotopic (exact) mass is 277 g/mol. The molecule has 0 aliphatic heterocycles. The highest BCUT2D eigenvalue weighted by Crippen LogP contribution is 2.20. The van der Waals surface area contributed by atoms with Crippen LogP contribution in [0.4, 0.5) is 5.69 Å². The molecule has 2 nitrogen and oxygen atoms in total. The van der Waals surface area contributed by atoms with E-state index in [1.54, 1.807) is 29.5 Å². The second kappa shape index (κ2) is 5.85. The summed E-state index contributed by atoms with van der Waals surface area (Å²) in [5.41, 5.74) is 1.72. The molecule has 1 N–H and O–H groups in total. The molecule has 0 bridgehead atoms. The number of hydrogen-bond donors (Lipinski definition) is 1. The van der Waals surface area contributed by atoms with Crippen molar-refractivity contribution in [3.63, 3.8) is 0 Å². The average Bonchev–Trinajstić information content (AvgIpc) is 2.84. The number of anilines is 1. The first-order valence-electron chi connectivity index (χ1n) is 5.44. The van der Waals surface area contributed by atoms with Gasteiger partial charge in [-0.1, -0.05) is 23.7 Å². The minimum atomic E-state index is -0.159. The summed E-state index contributed by atoms with van der Waals surface area (Å²) in [6.07, 6.45) is 3.31. The lowest BCUT2D eigenvalue weighted by Crippen LogP contribution is -2.08. The molecule has 1 aromatic heterocycles. The number of carbonyl (C=O) groups excluding carboxylic acids is 1. The third kappa shape index (κ3) is 3.45. The van der Waals surface area contributed by atoms with Crippen molar-refractivity contribution in [2.45, 2.75) is 6.92 Å². The van der Waals surface area contributed by atoms with E-state index < -0.39 is 0 Å². The Bertz CT molecular complexity index is 575. The average molecular weight is 278 g/mol. The van der Waals surface area contributed by atoms with Crippen molar-refractivity contribution >= 4 is 40.6 Å². The van der Waals surface area contributed by atoms with Crippen molar-refractivity contribution < 1.29 is 4.79 Å². The normalized spacial score (nSPS) is 10.8. The van der Waals surface area contributed by atoms with Crippen LogP contribution in [0.1, 0.15) is 10.4 Å². The molecule has 18 heavy (non-hydrogen) atoms. The Balaban J connectivity index is 2.05. The molecule has 0 unspecified atom stereocenters. The zero-order valence-electron chi connectivity index (χ0n) is 9.81. The molecule has 0 atom stereocenters. The summed E-state index contributed by atoms with van der Waals surface area (Å²) < 4.78 is 0. The first-order chi connectivity index (χ1) is 8.65. The Labute approximate surface area is 115 Å². The molecule has 0 aliphatic rings. The van der Waals surface area contributed by atoms with Crippen LogP contribution in [0.2, 0.25) is 5.02 Å². The fraction of sp³-hybridized carbons (Fsp3) is 0.0714. The fourth-order valence-electron chi connectivity index (χ4n) is 1.45. The van der Waals surface area contributed by atoms with Gasteiger partial charge in [0.2, 0.25) is 5.91 Å². The third-order valence-corrected chi connectivity index (χ3v) is 3.47. The molecule has 4 heteroatoms. The van der Waals surface area contributed by atoms with Crippen LogP contribution in [0.5, 0.6) is 0 Å². The van der Waals surface area contributed by atoms with E-state index in [0.29, 0.717) is 5.02 Å². The number of carbonyl (C=O) groups is 1. The molecule has 1 aromatic carbocycles. The van der Waals surface area contributed by atoms with Crippen LogP contribution in [-0.2, 0) is 4.79 Å². The number of aryl methyl sites for hydroxylation is 1. The molecule has 0 spiro atoms. The highest BCUT2D eigenvalue weighted by molar-refractivity contribution is 7.10. The highest BCUT2D eigenvalue weighted by atomic mass is 35.5. The van der Waals surface area contributed by atoms with Gasteiger partial charge in [0.25, 0.3) is 0 Å². The Hall–Kier alpha value is -1.58. The Morgan fingerprint density at radius 3 is 2.94 bits per heavy atom. The molecule has 0 saturated heterocycles. The van der Waals surface area contributed by atoms with Gasteiger partial charge in [0.05, 0.1) is 0 Å². The summed E-state index contributed by atoms with van der Waals surface area (Å²) in [5, 5.41) is 5.39. The number of thiophene rings is 1. The largest absolute Gasteiger partial charge is 0.322 e. The Kier molecular flexibility index (Phi) is 4.18. The predicted molar refractivity (Wildman–Crippen MR) is 78.2 cm³/mol. The summed E-state index contributed by atoms with van der Waals surface area (Å²) in [6, 6.07) is 9.32. The maximum atomic E-state index is 11.7. The van der Waals surface area contributed by atoms with Crippen molar-refractivity contribution in [3.05, 3.63) is 57.3 Å². The summed E-state index contributed by atoms with van der Waals surface area (Å²) in [6.45, 7) is 1.93. The van der Waals surface area contributed by atoms with E-state index in [1.807, 2.05) is 30.5 Å². The molecular formula is C14H12ClNOS. The van der Waals surface area contributed by atoms with Crippen molar-refractivity contribution in [2.75, 3.05) is 5.32 Å². The van der Waals surface area contributed by atoms with E-state index in [2.05, 4.69) is 5.32 Å². The van der Waals surface area contributed by atoms with Crippen LogP contribution in [0.25, 0.3) is 6.08 Å². The number of halogens is 1. The molecule has 1 amide bonds. The molecule has 0 saturated carbocycles. The second-order valence-corrected chi connectivity index (χ2v) is 5.21. The van der Waals surface area contributed by atoms with Gasteiger partial charge in [0.1, 0.15) is 0 Å². The topological polar surface area (TPSA) is 29.1 Å². The predicted octanol–water partition coefficient (Wildman–Crippen LogP) is 4.36. The lowest BCUT2D eigenvalue weighted by atomic mass is 10.2. The highest BCUT2D eigenvalue weighted by Gasteiger charge is 2.02. The second-order valence-electron chi connectivity index (χ2n) is 3.80. The van der Waals surface area contributed by atoms with Gasteiger partial charge in [-0.2, -0.15) is 0 Å². The first-order valence-corrected chi connectivity index (χ1v) is 6.69. The number of nitrogens with one attached hydrogen (secondary N) is 1. The number of amides is 1. The lowest BCUT2D eigenvalue weighted by Gasteiger charge is -2.06. The van der Waals surface area contributed by atoms with Crippen molar-refractivity contribution in [3.8, 4) is 0 Å². The SMILES string of the molecule is Cc1ccc(Cl)cc1NC(=O)C=Cc1cccs1. The minimum Gasteiger partial charge on any atom is -0.322 e. The van der Waals surface area contributed by atoms with Crippen LogP contribution >= 0.6 is 22.9 Å². The quantitative estimate of drug-likeness (QED) is 0.830. The maximum absolute atomic E-state index is 11.7. The first kappa shape index (κ1) is 12.9. The van der Waals surface area contributed by atoms with E-state index in [-0.39, 0.29) is 5.91 Å². The van der Waals surface area contributed by atoms with E-state index in [9.17, 15) is 4.79 Å². The summed E-state index contributed by atoms with van der Waals surface area (Å²) in [5.74, 6) is -0.159. The van der Waals surface area contributed by atoms with E-state index in [0.717, 1.165) is 16.1 Å². The van der Waals surface area contributed by atoms with Crippen molar-refractivity contribution in [1.29, 1.82) is 0 Å². The molecule has 0 aliphatic carbocycles. The van der Waals surface area contributed by atoms with Crippen LogP contribution in [0, 0.1) is 6.92 Å². The standard InChI is InChI=1S/C14H12ClNOS/c1-10-4-5-11(15)9-13(10)16-14(17)7-6-12-3-2-8-18-12/h2-9H,1H3,(H,16,17). The molecule has 92 valence electrons. The molecule has 0 fully saturated rings. The smallest absolute Gasteiger partial charge is 0.248 e. The number of rotatable bonds is 3. The van der Waals surface area contributed by atoms with Gasteiger partial charge in [-0.15, -0.1) is 11.3 Å². The number of benzene rings is 1. The van der Waals surface area contributed by atoms with Gasteiger partial charge in [-0.25, -0.2) is 0 Å². The molecular weight excluding hydrogens is 266 g/mol.